The van der Waals surface area contributed by atoms with Crippen molar-refractivity contribution in [3.63, 3.8) is 0 Å². The van der Waals surface area contributed by atoms with Gasteiger partial charge in [-0.3, -0.25) is 4.79 Å². The number of para-hydroxylation sites is 1. The number of nitrogens with zero attached hydrogens (tertiary/aromatic N) is 1. The van der Waals surface area contributed by atoms with Crippen LogP contribution < -0.4 is 10.2 Å². The highest BCUT2D eigenvalue weighted by atomic mass is 16.2. The quantitative estimate of drug-likeness (QED) is 0.779. The Hall–Kier alpha value is -2.29. The Labute approximate surface area is 152 Å². The van der Waals surface area contributed by atoms with Crippen LogP contribution in [-0.2, 0) is 17.6 Å². The molecule has 0 aliphatic heterocycles. The van der Waals surface area contributed by atoms with Crippen LogP contribution in [0.15, 0.2) is 36.4 Å². The maximum Gasteiger partial charge on any atom is 0.243 e. The number of benzene rings is 2. The number of anilines is 2. The molecule has 0 saturated carbocycles. The SMILES string of the molecule is CCc1cccc(CC)c1NC(=O)CN(CC)c1ccc(C)cc1C. The Morgan fingerprint density at radius 1 is 1.00 bits per heavy atom. The average Bonchev–Trinajstić information content (AvgIpc) is 2.60. The van der Waals surface area contributed by atoms with Gasteiger partial charge >= 0.3 is 0 Å². The van der Waals surface area contributed by atoms with Gasteiger partial charge in [-0.15, -0.1) is 0 Å². The molecule has 0 bridgehead atoms. The maximum absolute atomic E-state index is 12.7. The summed E-state index contributed by atoms with van der Waals surface area (Å²) in [7, 11) is 0. The van der Waals surface area contributed by atoms with Gasteiger partial charge in [0.2, 0.25) is 5.91 Å². The lowest BCUT2D eigenvalue weighted by atomic mass is 10.0. The van der Waals surface area contributed by atoms with Crippen molar-refractivity contribution in [3.8, 4) is 0 Å². The van der Waals surface area contributed by atoms with Gasteiger partial charge in [-0.2, -0.15) is 0 Å². The number of nitrogens with one attached hydrogen (secondary N) is 1. The number of aryl methyl sites for hydroxylation is 4. The molecule has 0 heterocycles. The van der Waals surface area contributed by atoms with Crippen molar-refractivity contribution in [3.05, 3.63) is 58.7 Å². The Morgan fingerprint density at radius 2 is 1.64 bits per heavy atom. The fourth-order valence-electron chi connectivity index (χ4n) is 3.28. The first-order valence-electron chi connectivity index (χ1n) is 9.22. The third kappa shape index (κ3) is 4.62. The van der Waals surface area contributed by atoms with Crippen molar-refractivity contribution in [2.75, 3.05) is 23.3 Å². The zero-order valence-corrected chi connectivity index (χ0v) is 16.1. The summed E-state index contributed by atoms with van der Waals surface area (Å²) in [5.41, 5.74) is 6.96. The van der Waals surface area contributed by atoms with Crippen molar-refractivity contribution >= 4 is 17.3 Å². The van der Waals surface area contributed by atoms with Crippen molar-refractivity contribution in [2.45, 2.75) is 47.5 Å². The zero-order valence-electron chi connectivity index (χ0n) is 16.1. The molecule has 0 radical (unpaired) electrons. The van der Waals surface area contributed by atoms with Crippen LogP contribution in [0.5, 0.6) is 0 Å². The van der Waals surface area contributed by atoms with Gasteiger partial charge in [0.05, 0.1) is 6.54 Å². The van der Waals surface area contributed by atoms with Crippen LogP contribution >= 0.6 is 0 Å². The average molecular weight is 338 g/mol. The molecular weight excluding hydrogens is 308 g/mol. The van der Waals surface area contributed by atoms with E-state index in [2.05, 4.69) is 81.2 Å². The van der Waals surface area contributed by atoms with Gasteiger partial charge in [-0.1, -0.05) is 49.7 Å². The van der Waals surface area contributed by atoms with Gasteiger partial charge in [0.1, 0.15) is 0 Å². The lowest BCUT2D eigenvalue weighted by Gasteiger charge is -2.25. The topological polar surface area (TPSA) is 32.3 Å². The minimum atomic E-state index is 0.0393. The molecule has 0 unspecified atom stereocenters. The second-order valence-electron chi connectivity index (χ2n) is 6.51. The number of likely N-dealkylation sites (N-methyl/N-ethyl adjacent to an activating group) is 1. The molecule has 0 spiro atoms. The molecule has 0 aromatic heterocycles. The van der Waals surface area contributed by atoms with Crippen molar-refractivity contribution in [1.82, 2.24) is 0 Å². The fourth-order valence-corrected chi connectivity index (χ4v) is 3.28. The number of carbonyl (C=O) groups excluding carboxylic acids is 1. The molecule has 1 amide bonds. The van der Waals surface area contributed by atoms with Gasteiger partial charge in [0.15, 0.2) is 0 Å². The van der Waals surface area contributed by atoms with E-state index in [9.17, 15) is 4.79 Å². The summed E-state index contributed by atoms with van der Waals surface area (Å²) in [6, 6.07) is 12.6. The summed E-state index contributed by atoms with van der Waals surface area (Å²) in [4.78, 5) is 14.8. The number of carbonyl (C=O) groups is 1. The van der Waals surface area contributed by atoms with E-state index in [0.29, 0.717) is 6.54 Å². The molecule has 0 aliphatic carbocycles. The molecule has 1 N–H and O–H groups in total. The number of amides is 1. The summed E-state index contributed by atoms with van der Waals surface area (Å²) < 4.78 is 0. The van der Waals surface area contributed by atoms with E-state index in [1.165, 1.54) is 22.3 Å². The van der Waals surface area contributed by atoms with Gasteiger partial charge < -0.3 is 10.2 Å². The Bertz CT molecular complexity index is 715. The van der Waals surface area contributed by atoms with Crippen molar-refractivity contribution in [1.29, 1.82) is 0 Å². The molecule has 2 aromatic carbocycles. The van der Waals surface area contributed by atoms with Gasteiger partial charge in [-0.25, -0.2) is 0 Å². The second kappa shape index (κ2) is 8.70. The molecular formula is C22H30N2O. The minimum absolute atomic E-state index is 0.0393. The molecule has 0 saturated heterocycles. The molecule has 0 atom stereocenters. The number of hydrogen-bond acceptors (Lipinski definition) is 2. The normalized spacial score (nSPS) is 10.6. The molecule has 0 aliphatic rings. The van der Waals surface area contributed by atoms with Crippen LogP contribution in [0.4, 0.5) is 11.4 Å². The van der Waals surface area contributed by atoms with Crippen LogP contribution in [-0.4, -0.2) is 19.0 Å². The first kappa shape index (κ1) is 19.0. The summed E-state index contributed by atoms with van der Waals surface area (Å²) in [5, 5.41) is 3.17. The van der Waals surface area contributed by atoms with Gasteiger partial charge in [0, 0.05) is 17.9 Å². The highest BCUT2D eigenvalue weighted by molar-refractivity contribution is 5.95. The Morgan fingerprint density at radius 3 is 2.16 bits per heavy atom. The summed E-state index contributed by atoms with van der Waals surface area (Å²) in [6.45, 7) is 11.7. The highest BCUT2D eigenvalue weighted by Crippen LogP contribution is 2.24. The van der Waals surface area contributed by atoms with Crippen LogP contribution in [0.25, 0.3) is 0 Å². The lowest BCUT2D eigenvalue weighted by molar-refractivity contribution is -0.115. The Balaban J connectivity index is 2.18. The van der Waals surface area contributed by atoms with Crippen LogP contribution in [0, 0.1) is 13.8 Å². The largest absolute Gasteiger partial charge is 0.362 e. The Kier molecular flexibility index (Phi) is 6.63. The van der Waals surface area contributed by atoms with E-state index in [1.54, 1.807) is 0 Å². The molecule has 3 nitrogen and oxygen atoms in total. The van der Waals surface area contributed by atoms with E-state index in [1.807, 2.05) is 0 Å². The maximum atomic E-state index is 12.7. The molecule has 134 valence electrons. The van der Waals surface area contributed by atoms with E-state index in [-0.39, 0.29) is 5.91 Å². The first-order valence-corrected chi connectivity index (χ1v) is 9.22. The van der Waals surface area contributed by atoms with Gasteiger partial charge in [0.25, 0.3) is 0 Å². The predicted octanol–water partition coefficient (Wildman–Crippen LogP) is 4.89. The van der Waals surface area contributed by atoms with E-state index in [4.69, 9.17) is 0 Å². The molecule has 25 heavy (non-hydrogen) atoms. The molecule has 2 aromatic rings. The van der Waals surface area contributed by atoms with Crippen LogP contribution in [0.2, 0.25) is 0 Å². The summed E-state index contributed by atoms with van der Waals surface area (Å²) >= 11 is 0. The molecule has 3 heteroatoms. The van der Waals surface area contributed by atoms with E-state index >= 15 is 0 Å². The van der Waals surface area contributed by atoms with Crippen LogP contribution in [0.3, 0.4) is 0 Å². The molecule has 2 rings (SSSR count). The van der Waals surface area contributed by atoms with Crippen molar-refractivity contribution < 1.29 is 4.79 Å². The third-order valence-corrected chi connectivity index (χ3v) is 4.67. The fraction of sp³-hybridized carbons (Fsp3) is 0.409. The highest BCUT2D eigenvalue weighted by Gasteiger charge is 2.15. The van der Waals surface area contributed by atoms with Crippen LogP contribution in [0.1, 0.15) is 43.0 Å². The smallest absolute Gasteiger partial charge is 0.243 e. The predicted molar refractivity (Wildman–Crippen MR) is 108 cm³/mol. The van der Waals surface area contributed by atoms with Crippen molar-refractivity contribution in [2.24, 2.45) is 0 Å². The number of rotatable bonds is 7. The number of hydrogen-bond donors (Lipinski definition) is 1. The van der Waals surface area contributed by atoms with Gasteiger partial charge in [-0.05, 0) is 56.4 Å². The molecule has 0 fully saturated rings. The van der Waals surface area contributed by atoms with E-state index in [0.717, 1.165) is 30.8 Å². The summed E-state index contributed by atoms with van der Waals surface area (Å²) in [5.74, 6) is 0.0393. The standard InChI is InChI=1S/C22H30N2O/c1-6-18-10-9-11-19(7-2)22(18)23-21(25)15-24(8-3)20-13-12-16(4)14-17(20)5/h9-14H,6-8,15H2,1-5H3,(H,23,25). The zero-order chi connectivity index (χ0) is 18.4. The first-order chi connectivity index (χ1) is 12.0. The van der Waals surface area contributed by atoms with E-state index < -0.39 is 0 Å². The monoisotopic (exact) mass is 338 g/mol. The minimum Gasteiger partial charge on any atom is -0.362 e. The summed E-state index contributed by atoms with van der Waals surface area (Å²) in [6.07, 6.45) is 1.83. The second-order valence-corrected chi connectivity index (χ2v) is 6.51. The lowest BCUT2D eigenvalue weighted by Crippen LogP contribution is -2.34. The third-order valence-electron chi connectivity index (χ3n) is 4.67.